The van der Waals surface area contributed by atoms with Gasteiger partial charge in [-0.25, -0.2) is 0 Å². The van der Waals surface area contributed by atoms with Crippen LogP contribution in [0.2, 0.25) is 0 Å². The Labute approximate surface area is 86.5 Å². The average Bonchev–Trinajstić information content (AvgIpc) is 2.17. The molecule has 0 saturated heterocycles. The van der Waals surface area contributed by atoms with Crippen molar-refractivity contribution in [1.82, 2.24) is 0 Å². The van der Waals surface area contributed by atoms with Crippen molar-refractivity contribution < 1.29 is 0 Å². The summed E-state index contributed by atoms with van der Waals surface area (Å²) < 4.78 is 0. The topological polar surface area (TPSA) is 76.8 Å². The standard InChI is InChI=1S/C10H22N4/c1-3-5-9(13-7-11)10(6-4-2)14-8-12/h3-8,11-12H2,1-2H3. The third kappa shape index (κ3) is 5.09. The minimum Gasteiger partial charge on any atom is -0.312 e. The Bertz CT molecular complexity index is 174. The van der Waals surface area contributed by atoms with Gasteiger partial charge in [-0.05, 0) is 12.8 Å². The fourth-order valence-electron chi connectivity index (χ4n) is 1.32. The Morgan fingerprint density at radius 3 is 1.43 bits per heavy atom. The van der Waals surface area contributed by atoms with Crippen LogP contribution in [0.15, 0.2) is 9.98 Å². The number of hydrogen-bond donors (Lipinski definition) is 2. The van der Waals surface area contributed by atoms with Crippen LogP contribution in [-0.4, -0.2) is 24.8 Å². The predicted molar refractivity (Wildman–Crippen MR) is 62.8 cm³/mol. The Hall–Kier alpha value is -0.740. The highest BCUT2D eigenvalue weighted by Gasteiger charge is 2.06. The van der Waals surface area contributed by atoms with Gasteiger partial charge in [-0.1, -0.05) is 26.7 Å². The van der Waals surface area contributed by atoms with Crippen LogP contribution in [0, 0.1) is 0 Å². The lowest BCUT2D eigenvalue weighted by molar-refractivity contribution is 0.944. The normalized spacial score (nSPS) is 13.4. The van der Waals surface area contributed by atoms with Crippen LogP contribution in [0.4, 0.5) is 0 Å². The second-order valence-corrected chi connectivity index (χ2v) is 3.07. The van der Waals surface area contributed by atoms with Crippen LogP contribution >= 0.6 is 0 Å². The van der Waals surface area contributed by atoms with Crippen LogP contribution < -0.4 is 11.5 Å². The van der Waals surface area contributed by atoms with Crippen molar-refractivity contribution in [3.63, 3.8) is 0 Å². The van der Waals surface area contributed by atoms with E-state index in [4.69, 9.17) is 11.5 Å². The fourth-order valence-corrected chi connectivity index (χ4v) is 1.32. The molecule has 0 bridgehead atoms. The zero-order valence-corrected chi connectivity index (χ0v) is 9.29. The van der Waals surface area contributed by atoms with Gasteiger partial charge in [0.2, 0.25) is 0 Å². The highest BCUT2D eigenvalue weighted by molar-refractivity contribution is 6.42. The lowest BCUT2D eigenvalue weighted by Crippen LogP contribution is -2.18. The van der Waals surface area contributed by atoms with Crippen molar-refractivity contribution >= 4 is 11.4 Å². The van der Waals surface area contributed by atoms with Crippen LogP contribution in [0.25, 0.3) is 0 Å². The van der Waals surface area contributed by atoms with E-state index in [1.165, 1.54) is 0 Å². The molecule has 0 fully saturated rings. The second kappa shape index (κ2) is 8.84. The van der Waals surface area contributed by atoms with Gasteiger partial charge in [0.1, 0.15) is 0 Å². The summed E-state index contributed by atoms with van der Waals surface area (Å²) in [6, 6.07) is 0. The summed E-state index contributed by atoms with van der Waals surface area (Å²) in [6.45, 7) is 4.92. The van der Waals surface area contributed by atoms with Crippen LogP contribution in [0.3, 0.4) is 0 Å². The van der Waals surface area contributed by atoms with Crippen LogP contribution in [-0.2, 0) is 0 Å². The van der Waals surface area contributed by atoms with E-state index >= 15 is 0 Å². The number of nitrogens with two attached hydrogens (primary N) is 2. The van der Waals surface area contributed by atoms with E-state index in [2.05, 4.69) is 23.8 Å². The monoisotopic (exact) mass is 198 g/mol. The lowest BCUT2D eigenvalue weighted by atomic mass is 10.1. The van der Waals surface area contributed by atoms with Crippen molar-refractivity contribution in [3.8, 4) is 0 Å². The van der Waals surface area contributed by atoms with E-state index in [1.807, 2.05) is 0 Å². The summed E-state index contributed by atoms with van der Waals surface area (Å²) >= 11 is 0. The van der Waals surface area contributed by atoms with E-state index < -0.39 is 0 Å². The molecule has 0 saturated carbocycles. The molecule has 4 nitrogen and oxygen atoms in total. The number of aliphatic imine (C=N–C) groups is 2. The van der Waals surface area contributed by atoms with Crippen molar-refractivity contribution in [2.24, 2.45) is 21.5 Å². The average molecular weight is 198 g/mol. The molecule has 0 amide bonds. The Morgan fingerprint density at radius 2 is 1.21 bits per heavy atom. The molecule has 82 valence electrons. The minimum absolute atomic E-state index is 0.336. The molecule has 0 radical (unpaired) electrons. The molecule has 4 N–H and O–H groups in total. The summed E-state index contributed by atoms with van der Waals surface area (Å²) in [6.07, 6.45) is 4.00. The van der Waals surface area contributed by atoms with E-state index in [0.29, 0.717) is 13.3 Å². The third-order valence-electron chi connectivity index (χ3n) is 1.87. The first-order valence-electron chi connectivity index (χ1n) is 5.27. The highest BCUT2D eigenvalue weighted by Crippen LogP contribution is 2.02. The third-order valence-corrected chi connectivity index (χ3v) is 1.87. The Kier molecular flexibility index (Phi) is 8.37. The maximum absolute atomic E-state index is 5.42. The minimum atomic E-state index is 0.336. The Morgan fingerprint density at radius 1 is 0.857 bits per heavy atom. The van der Waals surface area contributed by atoms with Gasteiger partial charge in [-0.15, -0.1) is 0 Å². The summed E-state index contributed by atoms with van der Waals surface area (Å²) in [5, 5.41) is 0. The molecule has 0 aliphatic rings. The molecule has 0 aliphatic heterocycles. The molecule has 14 heavy (non-hydrogen) atoms. The second-order valence-electron chi connectivity index (χ2n) is 3.07. The lowest BCUT2D eigenvalue weighted by Gasteiger charge is -2.07. The van der Waals surface area contributed by atoms with E-state index in [0.717, 1.165) is 37.1 Å². The van der Waals surface area contributed by atoms with Gasteiger partial charge >= 0.3 is 0 Å². The predicted octanol–water partition coefficient (Wildman–Crippen LogP) is 1.30. The van der Waals surface area contributed by atoms with Crippen molar-refractivity contribution in [3.05, 3.63) is 0 Å². The summed E-state index contributed by atoms with van der Waals surface area (Å²) in [4.78, 5) is 8.52. The van der Waals surface area contributed by atoms with E-state index in [1.54, 1.807) is 0 Å². The molecule has 0 aromatic rings. The molecule has 0 aromatic heterocycles. The first-order valence-corrected chi connectivity index (χ1v) is 5.27. The molecule has 4 heteroatoms. The van der Waals surface area contributed by atoms with Gasteiger partial charge in [0.25, 0.3) is 0 Å². The largest absolute Gasteiger partial charge is 0.312 e. The van der Waals surface area contributed by atoms with Crippen LogP contribution in [0.1, 0.15) is 39.5 Å². The maximum Gasteiger partial charge on any atom is 0.0863 e. The molecular formula is C10H22N4. The molecule has 0 aromatic carbocycles. The molecular weight excluding hydrogens is 176 g/mol. The Balaban J connectivity index is 4.55. The first kappa shape index (κ1) is 13.3. The summed E-state index contributed by atoms with van der Waals surface area (Å²) in [5.41, 5.74) is 12.9. The molecule has 0 aliphatic carbocycles. The molecule has 0 heterocycles. The molecule has 0 unspecified atom stereocenters. The fraction of sp³-hybridized carbons (Fsp3) is 0.800. The van der Waals surface area contributed by atoms with E-state index in [9.17, 15) is 0 Å². The SMILES string of the molecule is CCCC(=NCN)C(CCC)=NCN. The number of hydrogen-bond acceptors (Lipinski definition) is 4. The van der Waals surface area contributed by atoms with Crippen LogP contribution in [0.5, 0.6) is 0 Å². The smallest absolute Gasteiger partial charge is 0.0863 e. The molecule has 0 spiro atoms. The maximum atomic E-state index is 5.42. The summed E-state index contributed by atoms with van der Waals surface area (Å²) in [5.74, 6) is 0. The van der Waals surface area contributed by atoms with Gasteiger partial charge in [0, 0.05) is 0 Å². The van der Waals surface area contributed by atoms with Gasteiger partial charge < -0.3 is 11.5 Å². The molecule has 0 atom stereocenters. The van der Waals surface area contributed by atoms with Gasteiger partial charge in [0.05, 0.1) is 24.8 Å². The van der Waals surface area contributed by atoms with Crippen molar-refractivity contribution in [1.29, 1.82) is 0 Å². The highest BCUT2D eigenvalue weighted by atomic mass is 14.9. The quantitative estimate of drug-likeness (QED) is 0.605. The van der Waals surface area contributed by atoms with Gasteiger partial charge in [-0.2, -0.15) is 0 Å². The molecule has 0 rings (SSSR count). The number of nitrogens with zero attached hydrogens (tertiary/aromatic N) is 2. The van der Waals surface area contributed by atoms with Crippen molar-refractivity contribution in [2.75, 3.05) is 13.3 Å². The zero-order valence-electron chi connectivity index (χ0n) is 9.29. The van der Waals surface area contributed by atoms with Gasteiger partial charge in [0.15, 0.2) is 0 Å². The van der Waals surface area contributed by atoms with Gasteiger partial charge in [-0.3, -0.25) is 9.98 Å². The van der Waals surface area contributed by atoms with E-state index in [-0.39, 0.29) is 0 Å². The zero-order chi connectivity index (χ0) is 10.8. The first-order chi connectivity index (χ1) is 6.79. The number of rotatable bonds is 7. The van der Waals surface area contributed by atoms with Crippen molar-refractivity contribution in [2.45, 2.75) is 39.5 Å². The summed E-state index contributed by atoms with van der Waals surface area (Å²) in [7, 11) is 0.